The van der Waals surface area contributed by atoms with E-state index in [1.54, 1.807) is 70.7 Å². The van der Waals surface area contributed by atoms with E-state index in [1.807, 2.05) is 0 Å². The summed E-state index contributed by atoms with van der Waals surface area (Å²) in [4.78, 5) is 55.7. The Morgan fingerprint density at radius 2 is 1.59 bits per heavy atom. The van der Waals surface area contributed by atoms with Crippen LogP contribution in [0.3, 0.4) is 0 Å². The zero-order valence-corrected chi connectivity index (χ0v) is 22.5. The number of H-pyrrole nitrogens is 1. The smallest absolute Gasteiger partial charge is 0.408 e. The predicted molar refractivity (Wildman–Crippen MR) is 140 cm³/mol. The van der Waals surface area contributed by atoms with Crippen molar-refractivity contribution in [2.45, 2.75) is 84.5 Å². The van der Waals surface area contributed by atoms with E-state index in [0.717, 1.165) is 19.3 Å². The summed E-state index contributed by atoms with van der Waals surface area (Å²) in [7, 11) is 0. The summed E-state index contributed by atoms with van der Waals surface area (Å²) >= 11 is 0. The first kappa shape index (κ1) is 28.0. The molecule has 202 valence electrons. The van der Waals surface area contributed by atoms with Gasteiger partial charge in [0.25, 0.3) is 0 Å². The normalized spacial score (nSPS) is 15.1. The van der Waals surface area contributed by atoms with Gasteiger partial charge in [-0.05, 0) is 85.1 Å². The van der Waals surface area contributed by atoms with Gasteiger partial charge in [0.05, 0.1) is 6.42 Å². The van der Waals surface area contributed by atoms with Crippen LogP contribution < -0.4 is 10.6 Å². The Bertz CT molecular complexity index is 1150. The molecular formula is C27H38N4O6. The first-order chi connectivity index (χ1) is 17.2. The standard InChI is InChI=1S/C27H38N4O6/c1-26(2,3)36-24(34)21-15-17-14-18(10-11-19(17)29-21)28-23(33)20(30-25(35)37-27(4,5)6)16-22(32)31-12-8-7-9-13-31/h10-11,14-15,20,29H,7-9,12-13,16H2,1-6H3,(H,28,33)(H,30,35)/t20-/m0/s1. The van der Waals surface area contributed by atoms with Gasteiger partial charge in [-0.15, -0.1) is 0 Å². The van der Waals surface area contributed by atoms with E-state index < -0.39 is 35.2 Å². The van der Waals surface area contributed by atoms with E-state index in [1.165, 1.54) is 0 Å². The van der Waals surface area contributed by atoms with Crippen molar-refractivity contribution in [2.75, 3.05) is 18.4 Å². The number of carbonyl (C=O) groups excluding carboxylic acids is 4. The highest BCUT2D eigenvalue weighted by molar-refractivity contribution is 6.01. The Morgan fingerprint density at radius 3 is 2.22 bits per heavy atom. The highest BCUT2D eigenvalue weighted by Crippen LogP contribution is 2.22. The number of piperidine rings is 1. The number of hydrogen-bond donors (Lipinski definition) is 3. The number of rotatable bonds is 6. The third kappa shape index (κ3) is 8.51. The van der Waals surface area contributed by atoms with Crippen molar-refractivity contribution in [3.05, 3.63) is 30.0 Å². The molecule has 1 saturated heterocycles. The molecule has 1 fully saturated rings. The number of nitrogens with one attached hydrogen (secondary N) is 3. The minimum atomic E-state index is -1.12. The van der Waals surface area contributed by atoms with Gasteiger partial charge in [0, 0.05) is 29.7 Å². The topological polar surface area (TPSA) is 130 Å². The summed E-state index contributed by atoms with van der Waals surface area (Å²) in [5.41, 5.74) is 0.0591. The van der Waals surface area contributed by atoms with Crippen LogP contribution in [0.4, 0.5) is 10.5 Å². The monoisotopic (exact) mass is 514 g/mol. The van der Waals surface area contributed by atoms with E-state index in [0.29, 0.717) is 35.4 Å². The molecule has 3 rings (SSSR count). The summed E-state index contributed by atoms with van der Waals surface area (Å²) in [5.74, 6) is -1.22. The number of likely N-dealkylation sites (tertiary alicyclic amines) is 1. The molecule has 1 aliphatic rings. The summed E-state index contributed by atoms with van der Waals surface area (Å²) in [6.45, 7) is 11.8. The molecule has 10 heteroatoms. The number of benzene rings is 1. The van der Waals surface area contributed by atoms with Gasteiger partial charge in [-0.1, -0.05) is 0 Å². The molecule has 0 aliphatic carbocycles. The quantitative estimate of drug-likeness (QED) is 0.491. The molecule has 0 bridgehead atoms. The fourth-order valence-corrected chi connectivity index (χ4v) is 3.99. The van der Waals surface area contributed by atoms with Crippen molar-refractivity contribution < 1.29 is 28.7 Å². The SMILES string of the molecule is CC(C)(C)OC(=O)N[C@@H](CC(=O)N1CCCCC1)C(=O)Nc1ccc2[nH]c(C(=O)OC(C)(C)C)cc2c1. The maximum absolute atomic E-state index is 13.2. The van der Waals surface area contributed by atoms with Gasteiger partial charge in [-0.2, -0.15) is 0 Å². The van der Waals surface area contributed by atoms with Crippen molar-refractivity contribution in [2.24, 2.45) is 0 Å². The molecule has 3 N–H and O–H groups in total. The Morgan fingerprint density at radius 1 is 0.946 bits per heavy atom. The summed E-state index contributed by atoms with van der Waals surface area (Å²) in [6.07, 6.45) is 1.96. The van der Waals surface area contributed by atoms with Crippen LogP contribution in [0, 0.1) is 0 Å². The van der Waals surface area contributed by atoms with E-state index in [9.17, 15) is 19.2 Å². The van der Waals surface area contributed by atoms with E-state index in [2.05, 4.69) is 15.6 Å². The van der Waals surface area contributed by atoms with E-state index in [4.69, 9.17) is 9.47 Å². The number of nitrogens with zero attached hydrogens (tertiary/aromatic N) is 1. The van der Waals surface area contributed by atoms with E-state index >= 15 is 0 Å². The molecule has 0 radical (unpaired) electrons. The number of esters is 1. The summed E-state index contributed by atoms with van der Waals surface area (Å²) < 4.78 is 10.7. The van der Waals surface area contributed by atoms with Crippen molar-refractivity contribution in [3.8, 4) is 0 Å². The molecule has 1 aromatic carbocycles. The lowest BCUT2D eigenvalue weighted by molar-refractivity contribution is -0.134. The Kier molecular flexibility index (Phi) is 8.50. The molecule has 1 aromatic heterocycles. The average Bonchev–Trinajstić information content (AvgIpc) is 3.20. The van der Waals surface area contributed by atoms with Gasteiger partial charge < -0.3 is 30.0 Å². The van der Waals surface area contributed by atoms with Crippen molar-refractivity contribution in [3.63, 3.8) is 0 Å². The van der Waals surface area contributed by atoms with Crippen LogP contribution in [0.15, 0.2) is 24.3 Å². The zero-order chi connectivity index (χ0) is 27.4. The second-order valence-electron chi connectivity index (χ2n) is 11.3. The second kappa shape index (κ2) is 11.2. The van der Waals surface area contributed by atoms with Crippen LogP contribution in [-0.2, 0) is 19.1 Å². The third-order valence-corrected chi connectivity index (χ3v) is 5.60. The van der Waals surface area contributed by atoms with Gasteiger partial charge >= 0.3 is 12.1 Å². The Hall–Kier alpha value is -3.56. The minimum absolute atomic E-state index is 0.180. The zero-order valence-electron chi connectivity index (χ0n) is 22.5. The number of anilines is 1. The molecule has 3 amide bonds. The number of carbonyl (C=O) groups is 4. The van der Waals surface area contributed by atoms with Gasteiger partial charge in [-0.25, -0.2) is 9.59 Å². The molecule has 0 unspecified atom stereocenters. The van der Waals surface area contributed by atoms with Crippen LogP contribution in [0.25, 0.3) is 10.9 Å². The fourth-order valence-electron chi connectivity index (χ4n) is 3.99. The molecular weight excluding hydrogens is 476 g/mol. The molecule has 1 aliphatic heterocycles. The highest BCUT2D eigenvalue weighted by Gasteiger charge is 2.29. The Labute approximate surface area is 217 Å². The van der Waals surface area contributed by atoms with Gasteiger partial charge in [0.1, 0.15) is 22.9 Å². The fraction of sp³-hybridized carbons (Fsp3) is 0.556. The van der Waals surface area contributed by atoms with Gasteiger partial charge in [0.2, 0.25) is 11.8 Å². The van der Waals surface area contributed by atoms with E-state index in [-0.39, 0.29) is 12.3 Å². The van der Waals surface area contributed by atoms with Gasteiger partial charge in [-0.3, -0.25) is 9.59 Å². The number of amides is 3. The van der Waals surface area contributed by atoms with Crippen LogP contribution in [-0.4, -0.2) is 64.1 Å². The Balaban J connectivity index is 1.75. The number of ether oxygens (including phenoxy) is 2. The lowest BCUT2D eigenvalue weighted by atomic mass is 10.1. The average molecular weight is 515 g/mol. The van der Waals surface area contributed by atoms with Crippen LogP contribution in [0.5, 0.6) is 0 Å². The van der Waals surface area contributed by atoms with Crippen LogP contribution in [0.1, 0.15) is 77.7 Å². The number of aromatic amines is 1. The molecule has 2 heterocycles. The number of hydrogen-bond acceptors (Lipinski definition) is 6. The maximum Gasteiger partial charge on any atom is 0.408 e. The molecule has 10 nitrogen and oxygen atoms in total. The third-order valence-electron chi connectivity index (χ3n) is 5.60. The van der Waals surface area contributed by atoms with Crippen LogP contribution >= 0.6 is 0 Å². The van der Waals surface area contributed by atoms with Gasteiger partial charge in [0.15, 0.2) is 0 Å². The molecule has 37 heavy (non-hydrogen) atoms. The summed E-state index contributed by atoms with van der Waals surface area (Å²) in [5, 5.41) is 6.02. The second-order valence-corrected chi connectivity index (χ2v) is 11.3. The first-order valence-corrected chi connectivity index (χ1v) is 12.6. The molecule has 2 aromatic rings. The van der Waals surface area contributed by atoms with Crippen molar-refractivity contribution in [1.82, 2.24) is 15.2 Å². The lowest BCUT2D eigenvalue weighted by Crippen LogP contribution is -2.49. The highest BCUT2D eigenvalue weighted by atomic mass is 16.6. The number of aromatic nitrogens is 1. The largest absolute Gasteiger partial charge is 0.455 e. The minimum Gasteiger partial charge on any atom is -0.455 e. The molecule has 0 saturated carbocycles. The molecule has 0 spiro atoms. The number of alkyl carbamates (subject to hydrolysis) is 1. The molecule has 1 atom stereocenters. The van der Waals surface area contributed by atoms with Crippen molar-refractivity contribution in [1.29, 1.82) is 0 Å². The number of fused-ring (bicyclic) bond motifs is 1. The van der Waals surface area contributed by atoms with Crippen LogP contribution in [0.2, 0.25) is 0 Å². The first-order valence-electron chi connectivity index (χ1n) is 12.6. The predicted octanol–water partition coefficient (Wildman–Crippen LogP) is 4.36. The maximum atomic E-state index is 13.2. The summed E-state index contributed by atoms with van der Waals surface area (Å²) in [6, 6.07) is 5.63. The lowest BCUT2D eigenvalue weighted by Gasteiger charge is -2.29. The van der Waals surface area contributed by atoms with Crippen molar-refractivity contribution >= 4 is 40.5 Å².